The lowest BCUT2D eigenvalue weighted by molar-refractivity contribution is -0.154. The zero-order chi connectivity index (χ0) is 13.3. The van der Waals surface area contributed by atoms with Gasteiger partial charge < -0.3 is 5.21 Å². The number of nitrogens with zero attached hydrogens (tertiary/aromatic N) is 1. The Balaban J connectivity index is 2.57. The van der Waals surface area contributed by atoms with E-state index >= 15 is 0 Å². The first-order valence-corrected chi connectivity index (χ1v) is 7.14. The molecule has 1 N–H and O–H groups in total. The van der Waals surface area contributed by atoms with Crippen molar-refractivity contribution in [3.63, 3.8) is 0 Å². The number of hydrogen-bond donors (Lipinski definition) is 1. The van der Waals surface area contributed by atoms with Crippen LogP contribution in [0, 0.1) is 0 Å². The van der Waals surface area contributed by atoms with Crippen LogP contribution in [-0.2, 0) is 5.54 Å². The Bertz CT molecular complexity index is 473. The Labute approximate surface area is 112 Å². The summed E-state index contributed by atoms with van der Waals surface area (Å²) in [6.07, 6.45) is 1.94. The maximum atomic E-state index is 11.5. The van der Waals surface area contributed by atoms with Crippen LogP contribution in [0.15, 0.2) is 23.1 Å². The van der Waals surface area contributed by atoms with Gasteiger partial charge in [0.1, 0.15) is 0 Å². The number of fused-ring (bicyclic) bond motifs is 1. The van der Waals surface area contributed by atoms with Crippen LogP contribution in [0.25, 0.3) is 0 Å². The number of hydroxylamine groups is 2. The van der Waals surface area contributed by atoms with Gasteiger partial charge in [0.05, 0.1) is 5.54 Å². The number of rotatable bonds is 2. The van der Waals surface area contributed by atoms with E-state index in [1.54, 1.807) is 25.7 Å². The van der Waals surface area contributed by atoms with Crippen molar-refractivity contribution in [2.75, 3.05) is 12.8 Å². The molecule has 0 bridgehead atoms. The summed E-state index contributed by atoms with van der Waals surface area (Å²) in [5.74, 6) is 1.12. The summed E-state index contributed by atoms with van der Waals surface area (Å²) in [5, 5.41) is 11.3. The van der Waals surface area contributed by atoms with Crippen molar-refractivity contribution in [3.05, 3.63) is 29.3 Å². The molecule has 1 heterocycles. The van der Waals surface area contributed by atoms with Crippen LogP contribution in [0.3, 0.4) is 0 Å². The third kappa shape index (κ3) is 2.32. The molecule has 1 aliphatic rings. The lowest BCUT2D eigenvalue weighted by atomic mass is 9.86. The number of carbonyl (C=O) groups excluding carboxylic acids is 1. The zero-order valence-electron chi connectivity index (χ0n) is 11.1. The van der Waals surface area contributed by atoms with E-state index in [4.69, 9.17) is 0 Å². The maximum Gasteiger partial charge on any atom is 0.159 e. The quantitative estimate of drug-likeness (QED) is 0.658. The number of ketones is 1. The van der Waals surface area contributed by atoms with E-state index < -0.39 is 5.54 Å². The Kier molecular flexibility index (Phi) is 3.80. The summed E-state index contributed by atoms with van der Waals surface area (Å²) >= 11 is 1.80. The molecule has 0 saturated carbocycles. The monoisotopic (exact) mass is 265 g/mol. The van der Waals surface area contributed by atoms with E-state index in [0.29, 0.717) is 5.56 Å². The lowest BCUT2D eigenvalue weighted by Crippen LogP contribution is -2.39. The van der Waals surface area contributed by atoms with Gasteiger partial charge in [0, 0.05) is 17.5 Å². The summed E-state index contributed by atoms with van der Waals surface area (Å²) in [4.78, 5) is 12.7. The molecular formula is C14H19NO2S. The third-order valence-electron chi connectivity index (χ3n) is 3.75. The standard InChI is InChI=1S/C14H19NO2S/c1-10(16)11-5-6-13-12(9-11)14(2,15(3)17)7-4-8-18-13/h5-6,9,17H,4,7-8H2,1-3H3. The van der Waals surface area contributed by atoms with Crippen LogP contribution in [0.5, 0.6) is 0 Å². The molecule has 1 aliphatic heterocycles. The lowest BCUT2D eigenvalue weighted by Gasteiger charge is -2.35. The molecule has 18 heavy (non-hydrogen) atoms. The minimum absolute atomic E-state index is 0.0648. The van der Waals surface area contributed by atoms with E-state index in [1.807, 2.05) is 25.1 Å². The molecule has 98 valence electrons. The fourth-order valence-electron chi connectivity index (χ4n) is 2.37. The highest BCUT2D eigenvalue weighted by molar-refractivity contribution is 7.99. The van der Waals surface area contributed by atoms with Crippen molar-refractivity contribution in [2.45, 2.75) is 37.1 Å². The van der Waals surface area contributed by atoms with Gasteiger partial charge in [0.15, 0.2) is 5.78 Å². The first-order valence-electron chi connectivity index (χ1n) is 6.16. The molecule has 0 radical (unpaired) electrons. The summed E-state index contributed by atoms with van der Waals surface area (Å²) < 4.78 is 0. The van der Waals surface area contributed by atoms with Gasteiger partial charge in [-0.3, -0.25) is 4.79 Å². The second-order valence-electron chi connectivity index (χ2n) is 5.02. The van der Waals surface area contributed by atoms with Crippen molar-refractivity contribution in [1.82, 2.24) is 5.06 Å². The van der Waals surface area contributed by atoms with Crippen molar-refractivity contribution in [2.24, 2.45) is 0 Å². The van der Waals surface area contributed by atoms with Gasteiger partial charge in [0.2, 0.25) is 0 Å². The average Bonchev–Trinajstić information content (AvgIpc) is 2.49. The van der Waals surface area contributed by atoms with E-state index in [9.17, 15) is 10.0 Å². The van der Waals surface area contributed by atoms with Gasteiger partial charge in [-0.25, -0.2) is 0 Å². The molecule has 1 aromatic carbocycles. The average molecular weight is 265 g/mol. The minimum atomic E-state index is -0.412. The number of benzene rings is 1. The summed E-state index contributed by atoms with van der Waals surface area (Å²) in [6.45, 7) is 3.60. The molecule has 3 nitrogen and oxygen atoms in total. The summed E-state index contributed by atoms with van der Waals surface area (Å²) in [5.41, 5.74) is 1.36. The molecule has 0 spiro atoms. The van der Waals surface area contributed by atoms with Crippen LogP contribution < -0.4 is 0 Å². The van der Waals surface area contributed by atoms with Gasteiger partial charge in [-0.1, -0.05) is 6.07 Å². The Morgan fingerprint density at radius 3 is 2.83 bits per heavy atom. The molecule has 1 atom stereocenters. The van der Waals surface area contributed by atoms with Crippen LogP contribution in [0.4, 0.5) is 0 Å². The van der Waals surface area contributed by atoms with E-state index in [0.717, 1.165) is 24.2 Å². The Hall–Kier alpha value is -0.840. The molecule has 4 heteroatoms. The van der Waals surface area contributed by atoms with Crippen molar-refractivity contribution in [3.8, 4) is 0 Å². The topological polar surface area (TPSA) is 40.5 Å². The van der Waals surface area contributed by atoms with Gasteiger partial charge >= 0.3 is 0 Å². The van der Waals surface area contributed by atoms with Crippen molar-refractivity contribution >= 4 is 17.5 Å². The second kappa shape index (κ2) is 5.03. The first kappa shape index (κ1) is 13.6. The number of Topliss-reactive ketones (excluding diaryl/α,β-unsaturated/α-hetero) is 1. The molecule has 1 aromatic rings. The first-order chi connectivity index (χ1) is 8.45. The fraction of sp³-hybridized carbons (Fsp3) is 0.500. The fourth-order valence-corrected chi connectivity index (χ4v) is 3.47. The van der Waals surface area contributed by atoms with E-state index in [-0.39, 0.29) is 5.78 Å². The number of hydrogen-bond acceptors (Lipinski definition) is 4. The molecule has 0 amide bonds. The van der Waals surface area contributed by atoms with Crippen LogP contribution in [-0.4, -0.2) is 28.9 Å². The molecule has 0 aliphatic carbocycles. The van der Waals surface area contributed by atoms with Gasteiger partial charge in [-0.05, 0) is 50.1 Å². The van der Waals surface area contributed by atoms with Crippen LogP contribution in [0.2, 0.25) is 0 Å². The molecule has 0 aromatic heterocycles. The number of thioether (sulfide) groups is 1. The predicted molar refractivity (Wildman–Crippen MR) is 73.3 cm³/mol. The van der Waals surface area contributed by atoms with Gasteiger partial charge in [-0.2, -0.15) is 5.06 Å². The minimum Gasteiger partial charge on any atom is -0.313 e. The SMILES string of the molecule is CC(=O)c1ccc2c(c1)C(C)(N(C)O)CCCS2. The highest BCUT2D eigenvalue weighted by atomic mass is 32.2. The third-order valence-corrected chi connectivity index (χ3v) is 4.91. The second-order valence-corrected chi connectivity index (χ2v) is 6.15. The van der Waals surface area contributed by atoms with E-state index in [1.165, 1.54) is 9.96 Å². The smallest absolute Gasteiger partial charge is 0.159 e. The normalized spacial score (nSPS) is 23.6. The molecule has 1 unspecified atom stereocenters. The number of carbonyl (C=O) groups is 1. The molecule has 0 saturated heterocycles. The van der Waals surface area contributed by atoms with Gasteiger partial charge in [0.25, 0.3) is 0 Å². The molecular weight excluding hydrogens is 246 g/mol. The van der Waals surface area contributed by atoms with Crippen LogP contribution >= 0.6 is 11.8 Å². The maximum absolute atomic E-state index is 11.5. The highest BCUT2D eigenvalue weighted by Gasteiger charge is 2.34. The summed E-state index contributed by atoms with van der Waals surface area (Å²) in [7, 11) is 1.68. The van der Waals surface area contributed by atoms with E-state index in [2.05, 4.69) is 0 Å². The molecule has 2 rings (SSSR count). The Morgan fingerprint density at radius 1 is 1.50 bits per heavy atom. The van der Waals surface area contributed by atoms with Crippen molar-refractivity contribution < 1.29 is 10.0 Å². The highest BCUT2D eigenvalue weighted by Crippen LogP contribution is 2.41. The largest absolute Gasteiger partial charge is 0.313 e. The summed E-state index contributed by atoms with van der Waals surface area (Å²) in [6, 6.07) is 5.81. The predicted octanol–water partition coefficient (Wildman–Crippen LogP) is 3.31. The zero-order valence-corrected chi connectivity index (χ0v) is 11.9. The van der Waals surface area contributed by atoms with Gasteiger partial charge in [-0.15, -0.1) is 11.8 Å². The Morgan fingerprint density at radius 2 is 2.22 bits per heavy atom. The van der Waals surface area contributed by atoms with Crippen molar-refractivity contribution in [1.29, 1.82) is 0 Å². The van der Waals surface area contributed by atoms with Crippen LogP contribution in [0.1, 0.15) is 42.6 Å². The molecule has 0 fully saturated rings.